The second-order valence-corrected chi connectivity index (χ2v) is 5.39. The molecule has 0 atom stereocenters. The predicted octanol–water partition coefficient (Wildman–Crippen LogP) is 2.95. The molecule has 21 heavy (non-hydrogen) atoms. The van der Waals surface area contributed by atoms with Crippen molar-refractivity contribution in [3.63, 3.8) is 0 Å². The second-order valence-electron chi connectivity index (χ2n) is 4.36. The number of hydrogen-bond donors (Lipinski definition) is 2. The molecule has 0 fully saturated rings. The number of aromatic nitrogens is 1. The lowest BCUT2D eigenvalue weighted by Gasteiger charge is -2.06. The second kappa shape index (κ2) is 5.06. The molecule has 0 amide bonds. The number of thiazole rings is 1. The molecule has 5 nitrogen and oxygen atoms in total. The van der Waals surface area contributed by atoms with Gasteiger partial charge in [0.15, 0.2) is 16.5 Å². The number of rotatable bonds is 3. The van der Waals surface area contributed by atoms with Crippen molar-refractivity contribution in [2.45, 2.75) is 0 Å². The Morgan fingerprint density at radius 1 is 1.24 bits per heavy atom. The van der Waals surface area contributed by atoms with Gasteiger partial charge in [-0.05, 0) is 30.3 Å². The van der Waals surface area contributed by atoms with Crippen LogP contribution < -0.4 is 4.74 Å². The van der Waals surface area contributed by atoms with Crippen LogP contribution in [0, 0.1) is 0 Å². The molecule has 6 heteroatoms. The van der Waals surface area contributed by atoms with Gasteiger partial charge in [0.25, 0.3) is 0 Å². The quantitative estimate of drug-likeness (QED) is 0.727. The van der Waals surface area contributed by atoms with E-state index in [0.717, 1.165) is 11.3 Å². The summed E-state index contributed by atoms with van der Waals surface area (Å²) in [6.45, 7) is 0. The van der Waals surface area contributed by atoms with Crippen LogP contribution in [0.4, 0.5) is 0 Å². The molecule has 0 aliphatic carbocycles. The molecule has 3 aromatic rings. The van der Waals surface area contributed by atoms with Gasteiger partial charge in [0.1, 0.15) is 5.75 Å². The molecule has 0 radical (unpaired) electrons. The van der Waals surface area contributed by atoms with Crippen molar-refractivity contribution in [1.82, 2.24) is 4.98 Å². The molecule has 2 N–H and O–H groups in total. The van der Waals surface area contributed by atoms with Gasteiger partial charge < -0.3 is 14.9 Å². The van der Waals surface area contributed by atoms with Crippen molar-refractivity contribution < 1.29 is 19.7 Å². The van der Waals surface area contributed by atoms with Crippen LogP contribution in [-0.4, -0.2) is 28.1 Å². The summed E-state index contributed by atoms with van der Waals surface area (Å²) in [7, 11) is 1.42. The number of phenolic OH excluding ortho intramolecular Hbond substituents is 2. The minimum atomic E-state index is -0.382. The lowest BCUT2D eigenvalue weighted by atomic mass is 10.1. The van der Waals surface area contributed by atoms with E-state index in [2.05, 4.69) is 4.98 Å². The Morgan fingerprint density at radius 2 is 2.05 bits per heavy atom. The highest BCUT2D eigenvalue weighted by atomic mass is 32.1. The van der Waals surface area contributed by atoms with Crippen molar-refractivity contribution >= 4 is 27.3 Å². The van der Waals surface area contributed by atoms with E-state index in [1.165, 1.54) is 19.2 Å². The minimum absolute atomic E-state index is 0.120. The zero-order chi connectivity index (χ0) is 15.0. The maximum atomic E-state index is 12.5. The zero-order valence-electron chi connectivity index (χ0n) is 11.0. The summed E-state index contributed by atoms with van der Waals surface area (Å²) in [5.74, 6) is -0.229. The first-order valence-electron chi connectivity index (χ1n) is 6.10. The Balaban J connectivity index is 2.08. The third-order valence-corrected chi connectivity index (χ3v) is 4.05. The largest absolute Gasteiger partial charge is 0.508 e. The van der Waals surface area contributed by atoms with Gasteiger partial charge in [-0.15, -0.1) is 11.3 Å². The summed E-state index contributed by atoms with van der Waals surface area (Å²) in [5, 5.41) is 19.7. The summed E-state index contributed by atoms with van der Waals surface area (Å²) < 4.78 is 5.70. The fourth-order valence-electron chi connectivity index (χ4n) is 2.00. The van der Waals surface area contributed by atoms with Gasteiger partial charge in [-0.1, -0.05) is 6.07 Å². The first kappa shape index (κ1) is 13.4. The third kappa shape index (κ3) is 2.30. The molecule has 0 spiro atoms. The fourth-order valence-corrected chi connectivity index (χ4v) is 2.95. The van der Waals surface area contributed by atoms with Crippen LogP contribution in [0.25, 0.3) is 10.2 Å². The molecule has 0 bridgehead atoms. The Kier molecular flexibility index (Phi) is 3.23. The number of benzene rings is 2. The Bertz CT molecular complexity index is 841. The summed E-state index contributed by atoms with van der Waals surface area (Å²) in [6.07, 6.45) is 0. The first-order valence-corrected chi connectivity index (χ1v) is 6.92. The summed E-state index contributed by atoms with van der Waals surface area (Å²) in [6, 6.07) is 9.43. The molecule has 106 valence electrons. The normalized spacial score (nSPS) is 10.7. The molecule has 1 aromatic heterocycles. The van der Waals surface area contributed by atoms with Crippen LogP contribution in [0.3, 0.4) is 0 Å². The van der Waals surface area contributed by atoms with Gasteiger partial charge in [0.2, 0.25) is 5.78 Å². The van der Waals surface area contributed by atoms with Crippen LogP contribution in [0.15, 0.2) is 36.4 Å². The highest BCUT2D eigenvalue weighted by Crippen LogP contribution is 2.33. The third-order valence-electron chi connectivity index (χ3n) is 3.03. The van der Waals surface area contributed by atoms with Crippen molar-refractivity contribution in [2.75, 3.05) is 7.11 Å². The van der Waals surface area contributed by atoms with E-state index in [1.807, 2.05) is 0 Å². The standard InChI is InChI=1S/C15H11NO4S/c1-20-11-4-2-3-9(13(11)18)14(19)15-16-10-6-5-8(17)7-12(10)21-15/h2-7,17-18H,1H3. The SMILES string of the molecule is COc1cccc(C(=O)c2nc3ccc(O)cc3s2)c1O. The number of hydrogen-bond acceptors (Lipinski definition) is 6. The number of ketones is 1. The average Bonchev–Trinajstić information content (AvgIpc) is 2.89. The smallest absolute Gasteiger partial charge is 0.225 e. The van der Waals surface area contributed by atoms with Gasteiger partial charge >= 0.3 is 0 Å². The van der Waals surface area contributed by atoms with Gasteiger partial charge in [-0.25, -0.2) is 4.98 Å². The minimum Gasteiger partial charge on any atom is -0.508 e. The first-order chi connectivity index (χ1) is 10.1. The lowest BCUT2D eigenvalue weighted by molar-refractivity contribution is 0.103. The lowest BCUT2D eigenvalue weighted by Crippen LogP contribution is -2.01. The number of fused-ring (bicyclic) bond motifs is 1. The van der Waals surface area contributed by atoms with Crippen LogP contribution in [0.5, 0.6) is 17.2 Å². The molecular formula is C15H11NO4S. The number of carbonyl (C=O) groups is 1. The van der Waals surface area contributed by atoms with Crippen LogP contribution in [-0.2, 0) is 0 Å². The molecule has 0 saturated heterocycles. The van der Waals surface area contributed by atoms with Crippen LogP contribution >= 0.6 is 11.3 Å². The number of aromatic hydroxyl groups is 2. The number of carbonyl (C=O) groups excluding carboxylic acids is 1. The van der Waals surface area contributed by atoms with Crippen LogP contribution in [0.2, 0.25) is 0 Å². The average molecular weight is 301 g/mol. The Labute approximate surface area is 124 Å². The number of methoxy groups -OCH3 is 1. The number of para-hydroxylation sites is 1. The maximum absolute atomic E-state index is 12.5. The van der Waals surface area contributed by atoms with Gasteiger partial charge in [0.05, 0.1) is 22.9 Å². The Morgan fingerprint density at radius 3 is 2.81 bits per heavy atom. The highest BCUT2D eigenvalue weighted by molar-refractivity contribution is 7.20. The van der Waals surface area contributed by atoms with Gasteiger partial charge in [-0.3, -0.25) is 4.79 Å². The molecular weight excluding hydrogens is 290 g/mol. The summed E-state index contributed by atoms with van der Waals surface area (Å²) in [4.78, 5) is 16.7. The molecule has 2 aromatic carbocycles. The molecule has 3 rings (SSSR count). The van der Waals surface area contributed by atoms with Crippen LogP contribution in [0.1, 0.15) is 15.4 Å². The van der Waals surface area contributed by atoms with E-state index in [4.69, 9.17) is 4.74 Å². The molecule has 0 saturated carbocycles. The van der Waals surface area contributed by atoms with E-state index in [9.17, 15) is 15.0 Å². The van der Waals surface area contributed by atoms with E-state index in [1.54, 1.807) is 24.3 Å². The molecule has 0 aliphatic rings. The van der Waals surface area contributed by atoms with Crippen molar-refractivity contribution in [1.29, 1.82) is 0 Å². The molecule has 0 aliphatic heterocycles. The monoisotopic (exact) mass is 301 g/mol. The molecule has 0 unspecified atom stereocenters. The Hall–Kier alpha value is -2.60. The van der Waals surface area contributed by atoms with Crippen molar-refractivity contribution in [3.05, 3.63) is 47.0 Å². The summed E-state index contributed by atoms with van der Waals surface area (Å²) in [5.41, 5.74) is 0.765. The van der Waals surface area contributed by atoms with Gasteiger partial charge in [0, 0.05) is 0 Å². The number of nitrogens with zero attached hydrogens (tertiary/aromatic N) is 1. The fraction of sp³-hybridized carbons (Fsp3) is 0.0667. The topological polar surface area (TPSA) is 79.7 Å². The van der Waals surface area contributed by atoms with Crippen molar-refractivity contribution in [3.8, 4) is 17.2 Å². The summed E-state index contributed by atoms with van der Waals surface area (Å²) >= 11 is 1.16. The van der Waals surface area contributed by atoms with E-state index in [-0.39, 0.29) is 33.6 Å². The number of phenols is 2. The zero-order valence-corrected chi connectivity index (χ0v) is 11.8. The molecule has 1 heterocycles. The van der Waals surface area contributed by atoms with Crippen molar-refractivity contribution in [2.24, 2.45) is 0 Å². The highest BCUT2D eigenvalue weighted by Gasteiger charge is 2.20. The predicted molar refractivity (Wildman–Crippen MR) is 79.4 cm³/mol. The van der Waals surface area contributed by atoms with E-state index >= 15 is 0 Å². The maximum Gasteiger partial charge on any atom is 0.225 e. The van der Waals surface area contributed by atoms with E-state index < -0.39 is 0 Å². The number of ether oxygens (including phenoxy) is 1. The van der Waals surface area contributed by atoms with E-state index in [0.29, 0.717) is 10.2 Å². The van der Waals surface area contributed by atoms with Gasteiger partial charge in [-0.2, -0.15) is 0 Å².